The summed E-state index contributed by atoms with van der Waals surface area (Å²) in [5.74, 6) is 0.129. The van der Waals surface area contributed by atoms with Crippen LogP contribution in [0.1, 0.15) is 32.6 Å². The first-order valence-corrected chi connectivity index (χ1v) is 8.37. The fourth-order valence-corrected chi connectivity index (χ4v) is 3.65. The molecule has 7 nitrogen and oxygen atoms in total. The Morgan fingerprint density at radius 2 is 2.26 bits per heavy atom. The van der Waals surface area contributed by atoms with Gasteiger partial charge in [-0.25, -0.2) is 0 Å². The van der Waals surface area contributed by atoms with Gasteiger partial charge < -0.3 is 5.32 Å². The number of hydrogen-bond acceptors (Lipinski definition) is 6. The van der Waals surface area contributed by atoms with Gasteiger partial charge in [-0.3, -0.25) is 9.59 Å². The van der Waals surface area contributed by atoms with E-state index in [-0.39, 0.29) is 16.9 Å². The lowest BCUT2D eigenvalue weighted by atomic mass is 9.99. The summed E-state index contributed by atoms with van der Waals surface area (Å²) in [6, 6.07) is 7.27. The molecule has 23 heavy (non-hydrogen) atoms. The normalized spacial score (nSPS) is 18.0. The minimum atomic E-state index is -0.138. The molecule has 3 rings (SSSR count). The van der Waals surface area contributed by atoms with Crippen molar-refractivity contribution in [2.24, 2.45) is 0 Å². The SMILES string of the molecule is CC(=O)Nc1cccc(-n2nnnc2S[C@H]2CCCCC2=O)c1. The Bertz CT molecular complexity index is 730. The molecular weight excluding hydrogens is 314 g/mol. The maximum atomic E-state index is 12.0. The zero-order valence-corrected chi connectivity index (χ0v) is 13.5. The summed E-state index contributed by atoms with van der Waals surface area (Å²) in [6.45, 7) is 1.46. The Hall–Kier alpha value is -2.22. The molecule has 1 N–H and O–H groups in total. The summed E-state index contributed by atoms with van der Waals surface area (Å²) < 4.78 is 1.60. The van der Waals surface area contributed by atoms with E-state index in [1.54, 1.807) is 16.8 Å². The van der Waals surface area contributed by atoms with E-state index in [2.05, 4.69) is 20.8 Å². The summed E-state index contributed by atoms with van der Waals surface area (Å²) >= 11 is 1.41. The third-order valence-electron chi connectivity index (χ3n) is 3.60. The molecule has 120 valence electrons. The third kappa shape index (κ3) is 3.76. The van der Waals surface area contributed by atoms with Crippen molar-refractivity contribution < 1.29 is 9.59 Å². The molecule has 0 radical (unpaired) electrons. The van der Waals surface area contributed by atoms with Gasteiger partial charge in [0.15, 0.2) is 0 Å². The molecule has 1 atom stereocenters. The molecule has 1 aromatic heterocycles. The molecule has 1 amide bonds. The number of carbonyl (C=O) groups is 2. The summed E-state index contributed by atoms with van der Waals surface area (Å²) in [4.78, 5) is 23.2. The predicted molar refractivity (Wildman–Crippen MR) is 86.6 cm³/mol. The lowest BCUT2D eigenvalue weighted by Gasteiger charge is -2.19. The average molecular weight is 331 g/mol. The van der Waals surface area contributed by atoms with Crippen LogP contribution in [0.25, 0.3) is 5.69 Å². The molecule has 1 heterocycles. The fraction of sp³-hybridized carbons (Fsp3) is 0.400. The van der Waals surface area contributed by atoms with Crippen LogP contribution < -0.4 is 5.32 Å². The topological polar surface area (TPSA) is 89.8 Å². The van der Waals surface area contributed by atoms with Crippen molar-refractivity contribution in [3.05, 3.63) is 24.3 Å². The average Bonchev–Trinajstić information content (AvgIpc) is 2.97. The van der Waals surface area contributed by atoms with E-state index in [1.165, 1.54) is 18.7 Å². The summed E-state index contributed by atoms with van der Waals surface area (Å²) in [5, 5.41) is 15.0. The van der Waals surface area contributed by atoms with Crippen LogP contribution in [0.15, 0.2) is 29.4 Å². The standard InChI is InChI=1S/C15H17N5O2S/c1-10(21)16-11-5-4-6-12(9-11)20-15(17-18-19-20)23-14-8-3-2-7-13(14)22/h4-6,9,14H,2-3,7-8H2,1H3,(H,16,21)/t14-/m0/s1. The van der Waals surface area contributed by atoms with Gasteiger partial charge in [-0.05, 0) is 41.5 Å². The molecule has 8 heteroatoms. The zero-order chi connectivity index (χ0) is 16.2. The van der Waals surface area contributed by atoms with Gasteiger partial charge in [0.1, 0.15) is 5.78 Å². The van der Waals surface area contributed by atoms with E-state index in [9.17, 15) is 9.59 Å². The quantitative estimate of drug-likeness (QED) is 0.924. The Morgan fingerprint density at radius 3 is 3.04 bits per heavy atom. The number of rotatable bonds is 4. The Morgan fingerprint density at radius 1 is 1.39 bits per heavy atom. The number of aromatic nitrogens is 4. The molecule has 0 unspecified atom stereocenters. The molecule has 2 aromatic rings. The number of thioether (sulfide) groups is 1. The maximum absolute atomic E-state index is 12.0. The number of anilines is 1. The second-order valence-corrected chi connectivity index (χ2v) is 6.59. The Labute approximate surface area is 137 Å². The van der Waals surface area contributed by atoms with Crippen molar-refractivity contribution in [1.29, 1.82) is 0 Å². The third-order valence-corrected chi connectivity index (χ3v) is 4.85. The number of benzene rings is 1. The van der Waals surface area contributed by atoms with Crippen molar-refractivity contribution in [3.63, 3.8) is 0 Å². The Balaban J connectivity index is 1.83. The lowest BCUT2D eigenvalue weighted by Crippen LogP contribution is -2.21. The second-order valence-electron chi connectivity index (χ2n) is 5.42. The van der Waals surface area contributed by atoms with Crippen molar-refractivity contribution in [2.45, 2.75) is 43.0 Å². The van der Waals surface area contributed by atoms with Gasteiger partial charge in [-0.15, -0.1) is 5.10 Å². The molecule has 1 saturated carbocycles. The minimum Gasteiger partial charge on any atom is -0.326 e. The highest BCUT2D eigenvalue weighted by Crippen LogP contribution is 2.31. The number of Topliss-reactive ketones (excluding diaryl/α,β-unsaturated/α-hetero) is 1. The molecule has 0 spiro atoms. The molecule has 1 aliphatic carbocycles. The number of hydrogen-bond donors (Lipinski definition) is 1. The van der Waals surface area contributed by atoms with E-state index in [0.29, 0.717) is 17.3 Å². The highest BCUT2D eigenvalue weighted by atomic mass is 32.2. The molecule has 1 aromatic carbocycles. The van der Waals surface area contributed by atoms with E-state index >= 15 is 0 Å². The number of nitrogens with zero attached hydrogens (tertiary/aromatic N) is 4. The lowest BCUT2D eigenvalue weighted by molar-refractivity contribution is -0.119. The molecule has 0 aliphatic heterocycles. The number of tetrazole rings is 1. The summed E-state index contributed by atoms with van der Waals surface area (Å²) in [6.07, 6.45) is 3.53. The van der Waals surface area contributed by atoms with Crippen LogP contribution in [0.5, 0.6) is 0 Å². The van der Waals surface area contributed by atoms with Gasteiger partial charge in [0, 0.05) is 19.0 Å². The predicted octanol–water partition coefficient (Wildman–Crippen LogP) is 2.22. The van der Waals surface area contributed by atoms with Gasteiger partial charge in [0.25, 0.3) is 0 Å². The summed E-state index contributed by atoms with van der Waals surface area (Å²) in [7, 11) is 0. The van der Waals surface area contributed by atoms with Gasteiger partial charge in [0.2, 0.25) is 11.1 Å². The van der Waals surface area contributed by atoms with E-state index < -0.39 is 0 Å². The molecule has 1 aliphatic rings. The fourth-order valence-electron chi connectivity index (χ4n) is 2.54. The van der Waals surface area contributed by atoms with Crippen molar-refractivity contribution in [1.82, 2.24) is 20.2 Å². The molecule has 1 fully saturated rings. The molecule has 0 bridgehead atoms. The molecular formula is C15H17N5O2S. The van der Waals surface area contributed by atoms with Crippen LogP contribution in [-0.2, 0) is 9.59 Å². The zero-order valence-electron chi connectivity index (χ0n) is 12.7. The largest absolute Gasteiger partial charge is 0.326 e. The van der Waals surface area contributed by atoms with E-state index in [0.717, 1.165) is 24.9 Å². The first kappa shape index (κ1) is 15.7. The minimum absolute atomic E-state index is 0.0768. The first-order chi connectivity index (χ1) is 11.1. The first-order valence-electron chi connectivity index (χ1n) is 7.49. The van der Waals surface area contributed by atoms with Crippen LogP contribution >= 0.6 is 11.8 Å². The van der Waals surface area contributed by atoms with Crippen LogP contribution in [0.2, 0.25) is 0 Å². The van der Waals surface area contributed by atoms with Crippen molar-refractivity contribution >= 4 is 29.1 Å². The van der Waals surface area contributed by atoms with Crippen LogP contribution in [0.3, 0.4) is 0 Å². The van der Waals surface area contributed by atoms with Crippen molar-refractivity contribution in [2.75, 3.05) is 5.32 Å². The van der Waals surface area contributed by atoms with Gasteiger partial charge in [-0.2, -0.15) is 4.68 Å². The van der Waals surface area contributed by atoms with Gasteiger partial charge in [-0.1, -0.05) is 24.2 Å². The van der Waals surface area contributed by atoms with Crippen LogP contribution in [0.4, 0.5) is 5.69 Å². The second kappa shape index (κ2) is 6.91. The monoisotopic (exact) mass is 331 g/mol. The van der Waals surface area contributed by atoms with Gasteiger partial charge in [0.05, 0.1) is 10.9 Å². The smallest absolute Gasteiger partial charge is 0.221 e. The molecule has 0 saturated heterocycles. The van der Waals surface area contributed by atoms with E-state index in [1.807, 2.05) is 12.1 Å². The number of nitrogens with one attached hydrogen (secondary N) is 1. The Kier molecular flexibility index (Phi) is 4.71. The van der Waals surface area contributed by atoms with Crippen molar-refractivity contribution in [3.8, 4) is 5.69 Å². The highest BCUT2D eigenvalue weighted by molar-refractivity contribution is 8.00. The van der Waals surface area contributed by atoms with Crippen LogP contribution in [0, 0.1) is 0 Å². The van der Waals surface area contributed by atoms with Gasteiger partial charge >= 0.3 is 0 Å². The van der Waals surface area contributed by atoms with Crippen LogP contribution in [-0.4, -0.2) is 37.1 Å². The van der Waals surface area contributed by atoms with E-state index in [4.69, 9.17) is 0 Å². The summed E-state index contributed by atoms with van der Waals surface area (Å²) in [5.41, 5.74) is 1.42. The maximum Gasteiger partial charge on any atom is 0.221 e. The highest BCUT2D eigenvalue weighted by Gasteiger charge is 2.25. The number of ketones is 1. The number of carbonyl (C=O) groups excluding carboxylic acids is 2. The number of amides is 1.